The lowest BCUT2D eigenvalue weighted by molar-refractivity contribution is -0.131. The molecule has 132 valence electrons. The van der Waals surface area contributed by atoms with Crippen LogP contribution >= 0.6 is 11.8 Å². The number of ether oxygens (including phenoxy) is 1. The summed E-state index contributed by atoms with van der Waals surface area (Å²) in [6.45, 7) is 2.31. The highest BCUT2D eigenvalue weighted by molar-refractivity contribution is 7.99. The smallest absolute Gasteiger partial charge is 0.308 e. The summed E-state index contributed by atoms with van der Waals surface area (Å²) in [7, 11) is 0. The molecule has 0 radical (unpaired) electrons. The maximum Gasteiger partial charge on any atom is 0.308 e. The molecule has 1 N–H and O–H groups in total. The van der Waals surface area contributed by atoms with Crippen molar-refractivity contribution in [2.24, 2.45) is 0 Å². The van der Waals surface area contributed by atoms with Gasteiger partial charge in [-0.05, 0) is 60.5 Å². The fourth-order valence-electron chi connectivity index (χ4n) is 2.51. The minimum absolute atomic E-state index is 0.305. The molecule has 4 heteroatoms. The third kappa shape index (κ3) is 5.67. The Labute approximate surface area is 158 Å². The zero-order valence-electron chi connectivity index (χ0n) is 14.6. The Balaban J connectivity index is 1.50. The number of nitrogens with one attached hydrogen (secondary N) is 1. The third-order valence-electron chi connectivity index (χ3n) is 3.76. The predicted octanol–water partition coefficient (Wildman–Crippen LogP) is 5.42. The van der Waals surface area contributed by atoms with Gasteiger partial charge in [-0.25, -0.2) is 0 Å². The molecule has 0 aliphatic rings. The minimum Gasteiger partial charge on any atom is -0.427 e. The topological polar surface area (TPSA) is 38.3 Å². The van der Waals surface area contributed by atoms with E-state index in [0.717, 1.165) is 23.5 Å². The molecule has 26 heavy (non-hydrogen) atoms. The van der Waals surface area contributed by atoms with Crippen LogP contribution in [0.25, 0.3) is 0 Å². The first kappa shape index (κ1) is 18.1. The van der Waals surface area contributed by atoms with Crippen molar-refractivity contribution in [2.45, 2.75) is 23.1 Å². The summed E-state index contributed by atoms with van der Waals surface area (Å²) in [5, 5.41) is 3.45. The van der Waals surface area contributed by atoms with E-state index in [1.54, 1.807) is 11.8 Å². The largest absolute Gasteiger partial charge is 0.427 e. The van der Waals surface area contributed by atoms with E-state index in [-0.39, 0.29) is 5.97 Å². The maximum absolute atomic E-state index is 10.9. The first-order valence-corrected chi connectivity index (χ1v) is 9.35. The zero-order chi connectivity index (χ0) is 18.2. The zero-order valence-corrected chi connectivity index (χ0v) is 15.5. The van der Waals surface area contributed by atoms with Crippen LogP contribution in [0.2, 0.25) is 0 Å². The van der Waals surface area contributed by atoms with Crippen LogP contribution in [0.1, 0.15) is 12.5 Å². The molecule has 0 aliphatic carbocycles. The fourth-order valence-corrected chi connectivity index (χ4v) is 3.33. The van der Waals surface area contributed by atoms with Gasteiger partial charge in [-0.15, -0.1) is 0 Å². The number of carbonyl (C=O) groups is 1. The van der Waals surface area contributed by atoms with E-state index >= 15 is 0 Å². The molecule has 0 saturated heterocycles. The summed E-state index contributed by atoms with van der Waals surface area (Å²) in [5.74, 6) is 0.264. The van der Waals surface area contributed by atoms with Gasteiger partial charge in [-0.2, -0.15) is 0 Å². The summed E-state index contributed by atoms with van der Waals surface area (Å²) in [5.41, 5.74) is 2.46. The van der Waals surface area contributed by atoms with Crippen molar-refractivity contribution in [3.8, 4) is 5.75 Å². The molecule has 3 nitrogen and oxygen atoms in total. The summed E-state index contributed by atoms with van der Waals surface area (Å²) in [6, 6.07) is 26.4. The second-order valence-corrected chi connectivity index (χ2v) is 7.00. The Bertz CT molecular complexity index is 830. The highest BCUT2D eigenvalue weighted by Gasteiger charge is 2.01. The van der Waals surface area contributed by atoms with Crippen LogP contribution in [-0.2, 0) is 11.2 Å². The van der Waals surface area contributed by atoms with Crippen LogP contribution in [0.4, 0.5) is 5.69 Å². The maximum atomic E-state index is 10.9. The molecule has 3 aromatic rings. The number of benzene rings is 3. The lowest BCUT2D eigenvalue weighted by Crippen LogP contribution is -2.04. The Kier molecular flexibility index (Phi) is 6.34. The van der Waals surface area contributed by atoms with Crippen molar-refractivity contribution < 1.29 is 9.53 Å². The van der Waals surface area contributed by atoms with Gasteiger partial charge >= 0.3 is 5.97 Å². The van der Waals surface area contributed by atoms with Crippen molar-refractivity contribution >= 4 is 23.4 Å². The van der Waals surface area contributed by atoms with E-state index in [4.69, 9.17) is 4.74 Å². The summed E-state index contributed by atoms with van der Waals surface area (Å²) in [4.78, 5) is 13.2. The molecule has 0 atom stereocenters. The van der Waals surface area contributed by atoms with E-state index < -0.39 is 0 Å². The average Bonchev–Trinajstić information content (AvgIpc) is 2.65. The Morgan fingerprint density at radius 1 is 0.885 bits per heavy atom. The fraction of sp³-hybridized carbons (Fsp3) is 0.136. The average molecular weight is 363 g/mol. The molecular weight excluding hydrogens is 342 g/mol. The molecule has 0 unspecified atom stereocenters. The molecule has 0 heterocycles. The van der Waals surface area contributed by atoms with Gasteiger partial charge in [0.2, 0.25) is 0 Å². The van der Waals surface area contributed by atoms with Crippen LogP contribution < -0.4 is 10.1 Å². The van der Waals surface area contributed by atoms with Gasteiger partial charge in [0.25, 0.3) is 0 Å². The molecule has 3 aromatic carbocycles. The van der Waals surface area contributed by atoms with E-state index in [2.05, 4.69) is 53.8 Å². The molecule has 0 fully saturated rings. The quantitative estimate of drug-likeness (QED) is 0.449. The highest BCUT2D eigenvalue weighted by Crippen LogP contribution is 2.29. The Morgan fingerprint density at radius 3 is 2.12 bits per heavy atom. The normalized spacial score (nSPS) is 10.3. The molecule has 0 spiro atoms. The summed E-state index contributed by atoms with van der Waals surface area (Å²) in [6.07, 6.45) is 1.01. The summed E-state index contributed by atoms with van der Waals surface area (Å²) < 4.78 is 5.05. The number of hydrogen-bond acceptors (Lipinski definition) is 4. The molecule has 0 bridgehead atoms. The van der Waals surface area contributed by atoms with Gasteiger partial charge in [0, 0.05) is 28.9 Å². The van der Waals surface area contributed by atoms with Gasteiger partial charge in [-0.1, -0.05) is 42.1 Å². The number of rotatable bonds is 7. The molecule has 0 amide bonds. The van der Waals surface area contributed by atoms with Crippen LogP contribution in [0.3, 0.4) is 0 Å². The van der Waals surface area contributed by atoms with Crippen molar-refractivity contribution in [2.75, 3.05) is 11.9 Å². The van der Waals surface area contributed by atoms with Crippen LogP contribution in [0, 0.1) is 0 Å². The Hall–Kier alpha value is -2.72. The van der Waals surface area contributed by atoms with Crippen molar-refractivity contribution in [1.29, 1.82) is 0 Å². The molecule has 0 aliphatic heterocycles. The molecular formula is C22H21NO2S. The van der Waals surface area contributed by atoms with Gasteiger partial charge in [0.05, 0.1) is 0 Å². The predicted molar refractivity (Wildman–Crippen MR) is 107 cm³/mol. The standard InChI is InChI=1S/C22H21NO2S/c1-17(24)25-20-9-13-22(14-10-20)26-21-11-7-19(8-12-21)23-16-15-18-5-3-2-4-6-18/h2-14,23H,15-16H2,1H3. The van der Waals surface area contributed by atoms with Crippen molar-refractivity contribution in [3.05, 3.63) is 84.4 Å². The van der Waals surface area contributed by atoms with E-state index in [0.29, 0.717) is 5.75 Å². The van der Waals surface area contributed by atoms with E-state index in [1.807, 2.05) is 30.3 Å². The van der Waals surface area contributed by atoms with Gasteiger partial charge < -0.3 is 10.1 Å². The van der Waals surface area contributed by atoms with Crippen molar-refractivity contribution in [1.82, 2.24) is 0 Å². The van der Waals surface area contributed by atoms with Crippen LogP contribution in [0.5, 0.6) is 5.75 Å². The van der Waals surface area contributed by atoms with E-state index in [1.165, 1.54) is 17.4 Å². The summed E-state index contributed by atoms with van der Waals surface area (Å²) >= 11 is 1.68. The lowest BCUT2D eigenvalue weighted by atomic mass is 10.1. The first-order valence-electron chi connectivity index (χ1n) is 8.53. The molecule has 3 rings (SSSR count). The number of hydrogen-bond donors (Lipinski definition) is 1. The van der Waals surface area contributed by atoms with E-state index in [9.17, 15) is 4.79 Å². The third-order valence-corrected chi connectivity index (χ3v) is 4.78. The van der Waals surface area contributed by atoms with Gasteiger partial charge in [0.1, 0.15) is 5.75 Å². The SMILES string of the molecule is CC(=O)Oc1ccc(Sc2ccc(NCCc3ccccc3)cc2)cc1. The second-order valence-electron chi connectivity index (χ2n) is 5.85. The van der Waals surface area contributed by atoms with Crippen molar-refractivity contribution in [3.63, 3.8) is 0 Å². The lowest BCUT2D eigenvalue weighted by Gasteiger charge is -2.08. The number of esters is 1. The minimum atomic E-state index is -0.305. The molecule has 0 aromatic heterocycles. The monoisotopic (exact) mass is 363 g/mol. The first-order chi connectivity index (χ1) is 12.7. The Morgan fingerprint density at radius 2 is 1.50 bits per heavy atom. The highest BCUT2D eigenvalue weighted by atomic mass is 32.2. The molecule has 0 saturated carbocycles. The van der Waals surface area contributed by atoms with Gasteiger partial charge in [-0.3, -0.25) is 4.79 Å². The van der Waals surface area contributed by atoms with Gasteiger partial charge in [0.15, 0.2) is 0 Å². The number of anilines is 1. The second kappa shape index (κ2) is 9.11. The number of carbonyl (C=O) groups excluding carboxylic acids is 1. The van der Waals surface area contributed by atoms with Crippen LogP contribution in [-0.4, -0.2) is 12.5 Å². The van der Waals surface area contributed by atoms with Crippen LogP contribution in [0.15, 0.2) is 88.7 Å².